The van der Waals surface area contributed by atoms with E-state index in [9.17, 15) is 9.59 Å². The molecular formula is C17H22N8O2S. The van der Waals surface area contributed by atoms with Gasteiger partial charge in [0.05, 0.1) is 12.0 Å². The van der Waals surface area contributed by atoms with Crippen LogP contribution in [0.15, 0.2) is 39.4 Å². The molecule has 3 rings (SSSR count). The first-order valence-corrected chi connectivity index (χ1v) is 9.93. The van der Waals surface area contributed by atoms with Crippen LogP contribution < -0.4 is 15.9 Å². The van der Waals surface area contributed by atoms with Gasteiger partial charge in [0.1, 0.15) is 0 Å². The predicted octanol–water partition coefficient (Wildman–Crippen LogP) is -0.0558. The molecule has 0 spiro atoms. The highest BCUT2D eigenvalue weighted by atomic mass is 32.2. The van der Waals surface area contributed by atoms with E-state index >= 15 is 0 Å². The molecule has 1 fully saturated rings. The Kier molecular flexibility index (Phi) is 7.09. The summed E-state index contributed by atoms with van der Waals surface area (Å²) in [5.74, 6) is 0.137. The van der Waals surface area contributed by atoms with Gasteiger partial charge in [-0.05, 0) is 12.6 Å². The fourth-order valence-electron chi connectivity index (χ4n) is 2.63. The number of nitrogens with zero attached hydrogens (tertiary/aromatic N) is 6. The summed E-state index contributed by atoms with van der Waals surface area (Å²) in [6, 6.07) is 3.59. The number of likely N-dealkylation sites (N-methyl/N-ethyl adjacent to an activating group) is 1. The van der Waals surface area contributed by atoms with Crippen molar-refractivity contribution in [2.24, 2.45) is 5.10 Å². The molecule has 1 aliphatic heterocycles. The number of hydrogen-bond donors (Lipinski definition) is 2. The van der Waals surface area contributed by atoms with Crippen LogP contribution in [0.2, 0.25) is 0 Å². The van der Waals surface area contributed by atoms with Crippen molar-refractivity contribution in [1.29, 1.82) is 0 Å². The van der Waals surface area contributed by atoms with Gasteiger partial charge in [-0.3, -0.25) is 19.6 Å². The molecule has 3 heterocycles. The number of carbonyl (C=O) groups excluding carboxylic acids is 1. The van der Waals surface area contributed by atoms with Crippen LogP contribution in [-0.4, -0.2) is 75.7 Å². The SMILES string of the molecule is CCN1CCN(c2nnc(SCC(=O)N/N=C/c3cccnc3)c(=O)[nH]2)CC1. The summed E-state index contributed by atoms with van der Waals surface area (Å²) in [7, 11) is 0. The number of thioether (sulfide) groups is 1. The van der Waals surface area contributed by atoms with Crippen molar-refractivity contribution in [2.45, 2.75) is 11.9 Å². The van der Waals surface area contributed by atoms with Crippen molar-refractivity contribution in [3.63, 3.8) is 0 Å². The van der Waals surface area contributed by atoms with Gasteiger partial charge in [0.15, 0.2) is 5.03 Å². The fraction of sp³-hybridized carbons (Fsp3) is 0.412. The normalized spacial score (nSPS) is 15.1. The molecule has 28 heavy (non-hydrogen) atoms. The zero-order valence-electron chi connectivity index (χ0n) is 15.5. The minimum Gasteiger partial charge on any atom is -0.338 e. The van der Waals surface area contributed by atoms with Crippen molar-refractivity contribution in [3.05, 3.63) is 40.4 Å². The van der Waals surface area contributed by atoms with Gasteiger partial charge in [-0.15, -0.1) is 10.2 Å². The number of carbonyl (C=O) groups is 1. The van der Waals surface area contributed by atoms with Gasteiger partial charge in [0.2, 0.25) is 11.9 Å². The molecule has 11 heteroatoms. The maximum atomic E-state index is 12.2. The third-order valence-corrected chi connectivity index (χ3v) is 5.15. The van der Waals surface area contributed by atoms with E-state index in [2.05, 4.69) is 42.5 Å². The van der Waals surface area contributed by atoms with Crippen LogP contribution in [0.5, 0.6) is 0 Å². The van der Waals surface area contributed by atoms with Gasteiger partial charge in [-0.2, -0.15) is 5.10 Å². The van der Waals surface area contributed by atoms with E-state index in [0.29, 0.717) is 5.95 Å². The lowest BCUT2D eigenvalue weighted by Gasteiger charge is -2.33. The molecule has 1 saturated heterocycles. The molecule has 0 aromatic carbocycles. The lowest BCUT2D eigenvalue weighted by Crippen LogP contribution is -2.47. The second kappa shape index (κ2) is 9.95. The molecule has 0 saturated carbocycles. The first-order valence-electron chi connectivity index (χ1n) is 8.94. The number of pyridine rings is 1. The quantitative estimate of drug-likeness (QED) is 0.376. The van der Waals surface area contributed by atoms with Crippen LogP contribution in [0, 0.1) is 0 Å². The summed E-state index contributed by atoms with van der Waals surface area (Å²) in [5, 5.41) is 12.1. The van der Waals surface area contributed by atoms with E-state index in [1.165, 1.54) is 6.21 Å². The Morgan fingerprint density at radius 2 is 2.18 bits per heavy atom. The van der Waals surface area contributed by atoms with Crippen molar-refractivity contribution >= 4 is 29.8 Å². The number of rotatable bonds is 7. The standard InChI is InChI=1S/C17H22N8O2S/c1-2-24-6-8-25(9-7-24)17-20-15(27)16(22-23-17)28-12-14(26)21-19-11-13-4-3-5-18-10-13/h3-5,10-11H,2,6-9,12H2,1H3,(H,21,26)(H,20,23,27)/b19-11+. The summed E-state index contributed by atoms with van der Waals surface area (Å²) >= 11 is 1.02. The van der Waals surface area contributed by atoms with E-state index in [4.69, 9.17) is 0 Å². The van der Waals surface area contributed by atoms with Crippen LogP contribution in [0.4, 0.5) is 5.95 Å². The largest absolute Gasteiger partial charge is 0.338 e. The third-order valence-electron chi connectivity index (χ3n) is 4.20. The Balaban J connectivity index is 1.49. The van der Waals surface area contributed by atoms with E-state index in [0.717, 1.165) is 50.0 Å². The molecule has 0 unspecified atom stereocenters. The lowest BCUT2D eigenvalue weighted by atomic mass is 10.3. The van der Waals surface area contributed by atoms with Crippen molar-refractivity contribution in [1.82, 2.24) is 30.5 Å². The number of hydrazone groups is 1. The molecular weight excluding hydrogens is 380 g/mol. The number of hydrogen-bond acceptors (Lipinski definition) is 9. The number of amides is 1. The summed E-state index contributed by atoms with van der Waals surface area (Å²) in [6.45, 7) is 6.58. The summed E-state index contributed by atoms with van der Waals surface area (Å²) in [4.78, 5) is 35.1. The van der Waals surface area contributed by atoms with Crippen LogP contribution in [0.25, 0.3) is 0 Å². The highest BCUT2D eigenvalue weighted by Crippen LogP contribution is 2.12. The van der Waals surface area contributed by atoms with Gasteiger partial charge in [-0.1, -0.05) is 24.8 Å². The number of aromatic amines is 1. The predicted molar refractivity (Wildman–Crippen MR) is 108 cm³/mol. The fourth-order valence-corrected chi connectivity index (χ4v) is 3.24. The van der Waals surface area contributed by atoms with Crippen molar-refractivity contribution in [3.8, 4) is 0 Å². The first kappa shape index (κ1) is 20.0. The van der Waals surface area contributed by atoms with Gasteiger partial charge < -0.3 is 9.80 Å². The van der Waals surface area contributed by atoms with Crippen LogP contribution in [0.3, 0.4) is 0 Å². The second-order valence-electron chi connectivity index (χ2n) is 6.07. The maximum absolute atomic E-state index is 12.2. The minimum atomic E-state index is -0.348. The summed E-state index contributed by atoms with van der Waals surface area (Å²) in [5.41, 5.74) is 2.83. The molecule has 2 N–H and O–H groups in total. The van der Waals surface area contributed by atoms with Crippen LogP contribution >= 0.6 is 11.8 Å². The molecule has 0 bridgehead atoms. The number of nitrogens with one attached hydrogen (secondary N) is 2. The monoisotopic (exact) mass is 402 g/mol. The number of aromatic nitrogens is 4. The zero-order chi connectivity index (χ0) is 19.8. The lowest BCUT2D eigenvalue weighted by molar-refractivity contribution is -0.118. The molecule has 0 aliphatic carbocycles. The first-order chi connectivity index (χ1) is 13.7. The van der Waals surface area contributed by atoms with E-state index < -0.39 is 0 Å². The number of piperazine rings is 1. The average Bonchev–Trinajstić information content (AvgIpc) is 2.73. The third kappa shape index (κ3) is 5.60. The van der Waals surface area contributed by atoms with Gasteiger partial charge in [0, 0.05) is 44.1 Å². The average molecular weight is 402 g/mol. The molecule has 0 radical (unpaired) electrons. The van der Waals surface area contributed by atoms with E-state index in [1.54, 1.807) is 18.5 Å². The molecule has 1 aliphatic rings. The van der Waals surface area contributed by atoms with Crippen LogP contribution in [0.1, 0.15) is 12.5 Å². The Morgan fingerprint density at radius 3 is 2.86 bits per heavy atom. The molecule has 1 amide bonds. The van der Waals surface area contributed by atoms with Gasteiger partial charge in [-0.25, -0.2) is 5.43 Å². The molecule has 2 aromatic rings. The highest BCUT2D eigenvalue weighted by Gasteiger charge is 2.18. The summed E-state index contributed by atoms with van der Waals surface area (Å²) in [6.07, 6.45) is 4.78. The minimum absolute atomic E-state index is 0.0106. The second-order valence-corrected chi connectivity index (χ2v) is 7.04. The van der Waals surface area contributed by atoms with E-state index in [1.807, 2.05) is 11.0 Å². The zero-order valence-corrected chi connectivity index (χ0v) is 16.4. The Bertz CT molecular complexity index is 865. The topological polar surface area (TPSA) is 119 Å². The highest BCUT2D eigenvalue weighted by molar-refractivity contribution is 7.99. The Morgan fingerprint density at radius 1 is 1.36 bits per heavy atom. The van der Waals surface area contributed by atoms with Gasteiger partial charge in [0.25, 0.3) is 5.56 Å². The van der Waals surface area contributed by atoms with E-state index in [-0.39, 0.29) is 22.2 Å². The Labute approximate surface area is 166 Å². The Hall–Kier alpha value is -2.79. The molecule has 148 valence electrons. The number of anilines is 1. The molecule has 2 aromatic heterocycles. The maximum Gasteiger partial charge on any atom is 0.285 e. The van der Waals surface area contributed by atoms with Gasteiger partial charge >= 0.3 is 0 Å². The van der Waals surface area contributed by atoms with Crippen molar-refractivity contribution < 1.29 is 4.79 Å². The summed E-state index contributed by atoms with van der Waals surface area (Å²) < 4.78 is 0. The molecule has 0 atom stereocenters. The smallest absolute Gasteiger partial charge is 0.285 e. The number of H-pyrrole nitrogens is 1. The van der Waals surface area contributed by atoms with Crippen LogP contribution in [-0.2, 0) is 4.79 Å². The molecule has 10 nitrogen and oxygen atoms in total. The van der Waals surface area contributed by atoms with Crippen molar-refractivity contribution in [2.75, 3.05) is 43.4 Å².